The normalized spacial score (nSPS) is 11.1. The van der Waals surface area contributed by atoms with E-state index in [9.17, 15) is 0 Å². The monoisotopic (exact) mass is 253 g/mol. The van der Waals surface area contributed by atoms with E-state index in [-0.39, 0.29) is 0 Å². The highest BCUT2D eigenvalue weighted by molar-refractivity contribution is 9.10. The molecule has 1 heterocycles. The Morgan fingerprint density at radius 2 is 2.14 bits per heavy atom. The fourth-order valence-electron chi connectivity index (χ4n) is 1.53. The van der Waals surface area contributed by atoms with Crippen molar-refractivity contribution in [2.45, 2.75) is 19.9 Å². The number of rotatable bonds is 2. The van der Waals surface area contributed by atoms with Crippen molar-refractivity contribution in [2.24, 2.45) is 5.73 Å². The summed E-state index contributed by atoms with van der Waals surface area (Å²) in [5.41, 5.74) is 7.72. The SMILES string of the molecule is CCc1cc(Br)c2oc(CN)cc2c1. The molecule has 2 N–H and O–H groups in total. The lowest BCUT2D eigenvalue weighted by atomic mass is 10.1. The average Bonchev–Trinajstić information content (AvgIpc) is 2.61. The Morgan fingerprint density at radius 1 is 1.36 bits per heavy atom. The van der Waals surface area contributed by atoms with Gasteiger partial charge in [0.05, 0.1) is 11.0 Å². The van der Waals surface area contributed by atoms with Gasteiger partial charge in [0, 0.05) is 5.39 Å². The van der Waals surface area contributed by atoms with Crippen LogP contribution in [0.3, 0.4) is 0 Å². The van der Waals surface area contributed by atoms with Crippen molar-refractivity contribution >= 4 is 26.9 Å². The van der Waals surface area contributed by atoms with E-state index in [0.717, 1.165) is 27.6 Å². The molecule has 0 aliphatic rings. The zero-order valence-electron chi connectivity index (χ0n) is 8.01. The molecule has 0 spiro atoms. The van der Waals surface area contributed by atoms with Gasteiger partial charge in [-0.1, -0.05) is 6.92 Å². The second-order valence-corrected chi connectivity index (χ2v) is 4.12. The lowest BCUT2D eigenvalue weighted by Crippen LogP contribution is -1.92. The van der Waals surface area contributed by atoms with Crippen molar-refractivity contribution < 1.29 is 4.42 Å². The lowest BCUT2D eigenvalue weighted by molar-refractivity contribution is 0.551. The quantitative estimate of drug-likeness (QED) is 0.893. The van der Waals surface area contributed by atoms with E-state index in [1.165, 1.54) is 5.56 Å². The van der Waals surface area contributed by atoms with Gasteiger partial charge in [-0.3, -0.25) is 0 Å². The van der Waals surface area contributed by atoms with Crippen molar-refractivity contribution in [1.29, 1.82) is 0 Å². The molecule has 0 aliphatic carbocycles. The summed E-state index contributed by atoms with van der Waals surface area (Å²) in [5.74, 6) is 0.828. The third kappa shape index (κ3) is 1.57. The number of furan rings is 1. The highest BCUT2D eigenvalue weighted by Gasteiger charge is 2.07. The number of halogens is 1. The Bertz CT molecular complexity index is 462. The maximum absolute atomic E-state index is 5.58. The van der Waals surface area contributed by atoms with Crippen LogP contribution in [-0.2, 0) is 13.0 Å². The molecule has 2 rings (SSSR count). The summed E-state index contributed by atoms with van der Waals surface area (Å²) in [7, 11) is 0. The first-order valence-electron chi connectivity index (χ1n) is 4.65. The molecule has 0 saturated heterocycles. The zero-order chi connectivity index (χ0) is 10.1. The number of nitrogens with two attached hydrogens (primary N) is 1. The van der Waals surface area contributed by atoms with Crippen molar-refractivity contribution in [3.8, 4) is 0 Å². The molecule has 2 nitrogen and oxygen atoms in total. The van der Waals surface area contributed by atoms with Gasteiger partial charge in [0.15, 0.2) is 0 Å². The number of aryl methyl sites for hydroxylation is 1. The van der Waals surface area contributed by atoms with E-state index in [0.29, 0.717) is 6.54 Å². The van der Waals surface area contributed by atoms with Crippen LogP contribution >= 0.6 is 15.9 Å². The second-order valence-electron chi connectivity index (χ2n) is 3.27. The van der Waals surface area contributed by atoms with Crippen molar-refractivity contribution in [3.05, 3.63) is 34.0 Å². The van der Waals surface area contributed by atoms with Crippen molar-refractivity contribution in [2.75, 3.05) is 0 Å². The first kappa shape index (κ1) is 9.74. The predicted octanol–water partition coefficient (Wildman–Crippen LogP) is 3.22. The summed E-state index contributed by atoms with van der Waals surface area (Å²) in [6.07, 6.45) is 1.03. The Labute approximate surface area is 91.2 Å². The Balaban J connectivity index is 2.67. The summed E-state index contributed by atoms with van der Waals surface area (Å²) in [4.78, 5) is 0. The van der Waals surface area contributed by atoms with Gasteiger partial charge < -0.3 is 10.2 Å². The van der Waals surface area contributed by atoms with E-state index in [1.54, 1.807) is 0 Å². The van der Waals surface area contributed by atoms with Crippen LogP contribution in [0.15, 0.2) is 27.1 Å². The molecule has 0 saturated carbocycles. The smallest absolute Gasteiger partial charge is 0.148 e. The average molecular weight is 254 g/mol. The lowest BCUT2D eigenvalue weighted by Gasteiger charge is -1.98. The molecule has 0 aliphatic heterocycles. The largest absolute Gasteiger partial charge is 0.459 e. The van der Waals surface area contributed by atoms with Gasteiger partial charge in [-0.25, -0.2) is 0 Å². The van der Waals surface area contributed by atoms with Gasteiger partial charge in [-0.05, 0) is 46.1 Å². The van der Waals surface area contributed by atoms with Gasteiger partial charge >= 0.3 is 0 Å². The van der Waals surface area contributed by atoms with Gasteiger partial charge in [0.2, 0.25) is 0 Å². The molecule has 74 valence electrons. The molecule has 0 unspecified atom stereocenters. The van der Waals surface area contributed by atoms with E-state index in [2.05, 4.69) is 35.0 Å². The highest BCUT2D eigenvalue weighted by Crippen LogP contribution is 2.28. The summed E-state index contributed by atoms with van der Waals surface area (Å²) in [6, 6.07) is 6.23. The van der Waals surface area contributed by atoms with Gasteiger partial charge in [-0.2, -0.15) is 0 Å². The first-order chi connectivity index (χ1) is 6.74. The van der Waals surface area contributed by atoms with Crippen LogP contribution in [0.4, 0.5) is 0 Å². The first-order valence-corrected chi connectivity index (χ1v) is 5.44. The molecule has 0 atom stereocenters. The summed E-state index contributed by atoms with van der Waals surface area (Å²) < 4.78 is 6.58. The Morgan fingerprint density at radius 3 is 2.79 bits per heavy atom. The maximum atomic E-state index is 5.58. The van der Waals surface area contributed by atoms with Crippen LogP contribution < -0.4 is 5.73 Å². The molecule has 1 aromatic carbocycles. The van der Waals surface area contributed by atoms with Crippen LogP contribution in [0.25, 0.3) is 11.0 Å². The van der Waals surface area contributed by atoms with E-state index in [4.69, 9.17) is 10.2 Å². The van der Waals surface area contributed by atoms with Crippen molar-refractivity contribution in [3.63, 3.8) is 0 Å². The van der Waals surface area contributed by atoms with Crippen LogP contribution in [0.2, 0.25) is 0 Å². The molecule has 0 radical (unpaired) electrons. The van der Waals surface area contributed by atoms with Crippen LogP contribution in [0.5, 0.6) is 0 Å². The number of benzene rings is 1. The maximum Gasteiger partial charge on any atom is 0.148 e. The fourth-order valence-corrected chi connectivity index (χ4v) is 2.13. The molecular weight excluding hydrogens is 242 g/mol. The second kappa shape index (κ2) is 3.75. The minimum atomic E-state index is 0.447. The summed E-state index contributed by atoms with van der Waals surface area (Å²) >= 11 is 3.50. The third-order valence-electron chi connectivity index (χ3n) is 2.29. The Hall–Kier alpha value is -0.800. The number of hydrogen-bond donors (Lipinski definition) is 1. The predicted molar refractivity (Wildman–Crippen MR) is 61.2 cm³/mol. The van der Waals surface area contributed by atoms with E-state index < -0.39 is 0 Å². The van der Waals surface area contributed by atoms with Crippen molar-refractivity contribution in [1.82, 2.24) is 0 Å². The zero-order valence-corrected chi connectivity index (χ0v) is 9.60. The van der Waals surface area contributed by atoms with Gasteiger partial charge in [0.25, 0.3) is 0 Å². The molecule has 0 fully saturated rings. The van der Waals surface area contributed by atoms with Gasteiger partial charge in [-0.15, -0.1) is 0 Å². The molecule has 3 heteroatoms. The molecule has 0 amide bonds. The van der Waals surface area contributed by atoms with Gasteiger partial charge in [0.1, 0.15) is 11.3 Å². The minimum absolute atomic E-state index is 0.447. The molecular formula is C11H12BrNO. The summed E-state index contributed by atoms with van der Waals surface area (Å²) in [6.45, 7) is 2.58. The fraction of sp³-hybridized carbons (Fsp3) is 0.273. The third-order valence-corrected chi connectivity index (χ3v) is 2.88. The van der Waals surface area contributed by atoms with E-state index in [1.807, 2.05) is 6.07 Å². The molecule has 14 heavy (non-hydrogen) atoms. The summed E-state index contributed by atoms with van der Waals surface area (Å²) in [5, 5.41) is 1.12. The van der Waals surface area contributed by atoms with Crippen LogP contribution in [0.1, 0.15) is 18.2 Å². The topological polar surface area (TPSA) is 39.2 Å². The number of fused-ring (bicyclic) bond motifs is 1. The Kier molecular flexibility index (Phi) is 2.61. The minimum Gasteiger partial charge on any atom is -0.459 e. The van der Waals surface area contributed by atoms with Crippen LogP contribution in [-0.4, -0.2) is 0 Å². The molecule has 2 aromatic rings. The van der Waals surface area contributed by atoms with Crippen LogP contribution in [0, 0.1) is 0 Å². The highest BCUT2D eigenvalue weighted by atomic mass is 79.9. The standard InChI is InChI=1S/C11H12BrNO/c1-2-7-3-8-5-9(6-13)14-11(8)10(12)4-7/h3-5H,2,6,13H2,1H3. The number of hydrogen-bond acceptors (Lipinski definition) is 2. The molecule has 1 aromatic heterocycles. The van der Waals surface area contributed by atoms with E-state index >= 15 is 0 Å². The molecule has 0 bridgehead atoms.